The van der Waals surface area contributed by atoms with Crippen molar-refractivity contribution in [3.8, 4) is 17.0 Å². The number of rotatable bonds is 2. The van der Waals surface area contributed by atoms with Crippen LogP contribution in [0.3, 0.4) is 0 Å². The monoisotopic (exact) mass is 372 g/mol. The van der Waals surface area contributed by atoms with Gasteiger partial charge < -0.3 is 5.11 Å². The van der Waals surface area contributed by atoms with Gasteiger partial charge in [0.25, 0.3) is 0 Å². The van der Waals surface area contributed by atoms with E-state index in [0.717, 1.165) is 0 Å². The normalized spacial score (nSPS) is 12.0. The Balaban J connectivity index is 2.34. The third kappa shape index (κ3) is 2.65. The molecule has 1 N–H and O–H groups in total. The number of hydrogen-bond donors (Lipinski definition) is 1. The fraction of sp³-hybridized carbons (Fsp3) is 0.200. The molecule has 0 aliphatic carbocycles. The number of fused-ring (bicyclic) bond motifs is 1. The molecule has 0 saturated heterocycles. The summed E-state index contributed by atoms with van der Waals surface area (Å²) in [5, 5.41) is 13.5. The van der Waals surface area contributed by atoms with E-state index < -0.39 is 34.7 Å². The Kier molecular flexibility index (Phi) is 3.89. The lowest BCUT2D eigenvalue weighted by Crippen LogP contribution is -2.10. The van der Waals surface area contributed by atoms with Crippen molar-refractivity contribution in [2.45, 2.75) is 6.18 Å². The average molecular weight is 372 g/mol. The molecule has 0 radical (unpaired) electrons. The highest BCUT2D eigenvalue weighted by Crippen LogP contribution is 2.41. The van der Waals surface area contributed by atoms with Gasteiger partial charge in [-0.2, -0.15) is 18.3 Å². The van der Waals surface area contributed by atoms with Crippen molar-refractivity contribution in [1.82, 2.24) is 19.7 Å². The number of phenolic OH excluding ortho intramolecular Hbond substituents is 1. The lowest BCUT2D eigenvalue weighted by atomic mass is 10.0. The molecule has 3 aromatic rings. The molecular weight excluding hydrogens is 361 g/mol. The number of alkyl halides is 3. The fourth-order valence-electron chi connectivity index (χ4n) is 2.41. The van der Waals surface area contributed by atoms with Crippen LogP contribution in [0.15, 0.2) is 12.3 Å². The second-order valence-electron chi connectivity index (χ2n) is 5.52. The van der Waals surface area contributed by atoms with Crippen LogP contribution in [-0.2, 0) is 13.2 Å². The van der Waals surface area contributed by atoms with Gasteiger partial charge in [-0.05, 0) is 11.1 Å². The van der Waals surface area contributed by atoms with Crippen molar-refractivity contribution in [3.63, 3.8) is 0 Å². The first-order valence-electron chi connectivity index (χ1n) is 7.05. The summed E-state index contributed by atoms with van der Waals surface area (Å²) in [6.45, 7) is 3.60. The van der Waals surface area contributed by atoms with E-state index >= 15 is 0 Å². The van der Waals surface area contributed by atoms with Crippen molar-refractivity contribution in [1.29, 1.82) is 0 Å². The smallest absolute Gasteiger partial charge is 0.434 e. The second-order valence-corrected chi connectivity index (χ2v) is 5.52. The van der Waals surface area contributed by atoms with Crippen LogP contribution in [0.4, 0.5) is 27.9 Å². The van der Waals surface area contributed by atoms with E-state index in [0.29, 0.717) is 0 Å². The molecule has 26 heavy (non-hydrogen) atoms. The minimum absolute atomic E-state index is 0.121. The van der Waals surface area contributed by atoms with Gasteiger partial charge in [0.1, 0.15) is 11.9 Å². The predicted molar refractivity (Wildman–Crippen MR) is 81.3 cm³/mol. The van der Waals surface area contributed by atoms with Crippen LogP contribution in [0.1, 0.15) is 5.56 Å². The lowest BCUT2D eigenvalue weighted by Gasteiger charge is -2.12. The maximum absolute atomic E-state index is 14.3. The Hall–Kier alpha value is -3.11. The standard InChI is InChI=1S/C15H10F5N5O/c1-24(2)14-21-5-7-11(23-25(3)13(7)22-14)6-4-8(15(18,19)20)10(17)12(26)9(6)16/h4-5H,1H2,2-3H3/p+1. The van der Waals surface area contributed by atoms with Crippen LogP contribution in [0.2, 0.25) is 0 Å². The van der Waals surface area contributed by atoms with Crippen LogP contribution in [0.25, 0.3) is 22.3 Å². The Bertz CT molecular complexity index is 1060. The quantitative estimate of drug-likeness (QED) is 0.427. The molecule has 0 amide bonds. The van der Waals surface area contributed by atoms with Gasteiger partial charge in [0.05, 0.1) is 18.0 Å². The van der Waals surface area contributed by atoms with Gasteiger partial charge in [-0.3, -0.25) is 0 Å². The molecule has 2 aromatic heterocycles. The van der Waals surface area contributed by atoms with Crippen molar-refractivity contribution in [3.05, 3.63) is 29.5 Å². The number of hydrogen-bond acceptors (Lipinski definition) is 4. The summed E-state index contributed by atoms with van der Waals surface area (Å²) in [4.78, 5) is 8.10. The van der Waals surface area contributed by atoms with Crippen molar-refractivity contribution >= 4 is 23.7 Å². The first-order valence-corrected chi connectivity index (χ1v) is 7.05. The van der Waals surface area contributed by atoms with Crippen LogP contribution < -0.4 is 0 Å². The minimum atomic E-state index is -5.13. The van der Waals surface area contributed by atoms with Gasteiger partial charge in [-0.25, -0.2) is 18.0 Å². The molecule has 2 heterocycles. The first-order chi connectivity index (χ1) is 12.0. The summed E-state index contributed by atoms with van der Waals surface area (Å²) in [5.41, 5.74) is -2.60. The molecule has 0 atom stereocenters. The highest BCUT2D eigenvalue weighted by molar-refractivity contribution is 5.91. The van der Waals surface area contributed by atoms with E-state index in [4.69, 9.17) is 0 Å². The molecular formula is C15H11F5N5O+. The molecule has 0 aliphatic rings. The van der Waals surface area contributed by atoms with Gasteiger partial charge in [0.15, 0.2) is 17.4 Å². The molecule has 0 aliphatic heterocycles. The molecule has 3 rings (SSSR count). The molecule has 6 nitrogen and oxygen atoms in total. The zero-order valence-electron chi connectivity index (χ0n) is 13.4. The van der Waals surface area contributed by atoms with E-state index in [1.165, 1.54) is 22.5 Å². The molecule has 0 unspecified atom stereocenters. The van der Waals surface area contributed by atoms with Crippen LogP contribution in [-0.4, -0.2) is 43.2 Å². The average Bonchev–Trinajstić information content (AvgIpc) is 2.88. The topological polar surface area (TPSA) is 66.8 Å². The van der Waals surface area contributed by atoms with Crippen molar-refractivity contribution in [2.24, 2.45) is 7.05 Å². The summed E-state index contributed by atoms with van der Waals surface area (Å²) < 4.78 is 69.4. The summed E-state index contributed by atoms with van der Waals surface area (Å²) >= 11 is 0. The molecule has 11 heteroatoms. The Morgan fingerprint density at radius 3 is 2.46 bits per heavy atom. The molecule has 0 saturated carbocycles. The summed E-state index contributed by atoms with van der Waals surface area (Å²) in [7, 11) is 3.02. The summed E-state index contributed by atoms with van der Waals surface area (Å²) in [5.74, 6) is -5.18. The highest BCUT2D eigenvalue weighted by atomic mass is 19.4. The van der Waals surface area contributed by atoms with E-state index in [1.54, 1.807) is 7.05 Å². The molecule has 0 spiro atoms. The van der Waals surface area contributed by atoms with E-state index in [9.17, 15) is 27.1 Å². The van der Waals surface area contributed by atoms with Crippen LogP contribution in [0.5, 0.6) is 5.75 Å². The number of aryl methyl sites for hydroxylation is 1. The van der Waals surface area contributed by atoms with Gasteiger partial charge in [0.2, 0.25) is 5.65 Å². The summed E-state index contributed by atoms with van der Waals surface area (Å²) in [6.07, 6.45) is -3.90. The minimum Gasteiger partial charge on any atom is -0.503 e. The molecule has 136 valence electrons. The Morgan fingerprint density at radius 2 is 1.88 bits per heavy atom. The second kappa shape index (κ2) is 5.71. The Labute approximate surface area is 142 Å². The van der Waals surface area contributed by atoms with Crippen LogP contribution in [0, 0.1) is 11.6 Å². The zero-order valence-corrected chi connectivity index (χ0v) is 13.4. The maximum Gasteiger partial charge on any atom is 0.434 e. The highest BCUT2D eigenvalue weighted by Gasteiger charge is 2.38. The number of halogens is 5. The Morgan fingerprint density at radius 1 is 1.23 bits per heavy atom. The lowest BCUT2D eigenvalue weighted by molar-refractivity contribution is -0.403. The van der Waals surface area contributed by atoms with Crippen molar-refractivity contribution < 1.29 is 31.6 Å². The van der Waals surface area contributed by atoms with Gasteiger partial charge >= 0.3 is 12.1 Å². The van der Waals surface area contributed by atoms with E-state index in [1.807, 2.05) is 0 Å². The van der Waals surface area contributed by atoms with Crippen molar-refractivity contribution in [2.75, 3.05) is 7.05 Å². The zero-order chi connectivity index (χ0) is 19.4. The maximum atomic E-state index is 14.3. The largest absolute Gasteiger partial charge is 0.503 e. The number of aromatic nitrogens is 4. The molecule has 1 aromatic carbocycles. The third-order valence-electron chi connectivity index (χ3n) is 3.65. The SMILES string of the molecule is C=[N+](C)c1ncc2c(-c3cc(C(F)(F)F)c(F)c(O)c3F)nn(C)c2n1. The van der Waals surface area contributed by atoms with E-state index in [-0.39, 0.29) is 28.7 Å². The number of benzene rings is 1. The molecule has 0 fully saturated rings. The first kappa shape index (κ1) is 17.7. The third-order valence-corrected chi connectivity index (χ3v) is 3.65. The van der Waals surface area contributed by atoms with Gasteiger partial charge in [-0.15, -0.1) is 0 Å². The number of phenols is 1. The van der Waals surface area contributed by atoms with E-state index in [2.05, 4.69) is 21.8 Å². The molecule has 0 bridgehead atoms. The van der Waals surface area contributed by atoms with Gasteiger partial charge in [0, 0.05) is 19.3 Å². The summed E-state index contributed by atoms with van der Waals surface area (Å²) in [6, 6.07) is 0.258. The number of aromatic hydroxyl groups is 1. The predicted octanol–water partition coefficient (Wildman–Crippen LogP) is 3.01. The van der Waals surface area contributed by atoms with Gasteiger partial charge in [-0.1, -0.05) is 4.98 Å². The number of nitrogens with zero attached hydrogens (tertiary/aromatic N) is 5. The fourth-order valence-corrected chi connectivity index (χ4v) is 2.41. The van der Waals surface area contributed by atoms with Crippen LogP contribution >= 0.6 is 0 Å².